The predicted octanol–water partition coefficient (Wildman–Crippen LogP) is 2.78. The molecule has 2 aromatic rings. The molecule has 148 valence electrons. The molecule has 3 N–H and O–H groups in total. The Bertz CT molecular complexity index is 882. The molecule has 0 spiro atoms. The van der Waals surface area contributed by atoms with Crippen LogP contribution in [0.4, 0.5) is 5.00 Å². The number of hydrogen-bond donors (Lipinski definition) is 2. The van der Waals surface area contributed by atoms with Crippen molar-refractivity contribution in [1.29, 1.82) is 0 Å². The van der Waals surface area contributed by atoms with Gasteiger partial charge < -0.3 is 20.5 Å². The standard InChI is InChI=1S/C20H23N3O4S/c21-19(25)14-6-10-28-20(14)22-18(24)12-23-7-1-3-15(23)13-4-5-16-17(11-13)27-9-2-8-26-16/h4-6,10-11,15H,1-3,7-9,12H2,(H2,21,25)(H,22,24)/t15-/m0/s1. The zero-order valence-corrected chi connectivity index (χ0v) is 16.3. The monoisotopic (exact) mass is 401 g/mol. The molecular weight excluding hydrogens is 378 g/mol. The minimum atomic E-state index is -0.539. The lowest BCUT2D eigenvalue weighted by Crippen LogP contribution is -2.33. The van der Waals surface area contributed by atoms with Gasteiger partial charge in [0.1, 0.15) is 5.00 Å². The lowest BCUT2D eigenvalue weighted by atomic mass is 10.0. The van der Waals surface area contributed by atoms with Crippen LogP contribution in [0.2, 0.25) is 0 Å². The van der Waals surface area contributed by atoms with E-state index in [4.69, 9.17) is 15.2 Å². The molecule has 28 heavy (non-hydrogen) atoms. The number of thiophene rings is 1. The van der Waals surface area contributed by atoms with Crippen molar-refractivity contribution in [2.24, 2.45) is 5.73 Å². The maximum absolute atomic E-state index is 12.6. The van der Waals surface area contributed by atoms with Crippen LogP contribution in [-0.4, -0.2) is 43.0 Å². The second kappa shape index (κ2) is 8.20. The number of rotatable bonds is 5. The third-order valence-electron chi connectivity index (χ3n) is 5.05. The Morgan fingerprint density at radius 2 is 2.00 bits per heavy atom. The van der Waals surface area contributed by atoms with Crippen LogP contribution in [-0.2, 0) is 4.79 Å². The molecule has 1 fully saturated rings. The molecule has 1 atom stereocenters. The van der Waals surface area contributed by atoms with Crippen molar-refractivity contribution in [1.82, 2.24) is 4.90 Å². The molecule has 3 heterocycles. The van der Waals surface area contributed by atoms with E-state index in [0.717, 1.165) is 42.9 Å². The third-order valence-corrected chi connectivity index (χ3v) is 5.88. The van der Waals surface area contributed by atoms with Crippen LogP contribution in [0.15, 0.2) is 29.6 Å². The molecule has 2 aliphatic heterocycles. The molecule has 0 bridgehead atoms. The smallest absolute Gasteiger partial charge is 0.251 e. The van der Waals surface area contributed by atoms with Crippen LogP contribution in [0.5, 0.6) is 11.5 Å². The van der Waals surface area contributed by atoms with Gasteiger partial charge in [-0.2, -0.15) is 0 Å². The minimum absolute atomic E-state index is 0.147. The number of nitrogens with one attached hydrogen (secondary N) is 1. The number of likely N-dealkylation sites (tertiary alicyclic amines) is 1. The van der Waals surface area contributed by atoms with Gasteiger partial charge >= 0.3 is 0 Å². The fraction of sp³-hybridized carbons (Fsp3) is 0.400. The van der Waals surface area contributed by atoms with Crippen molar-refractivity contribution in [3.8, 4) is 11.5 Å². The molecular formula is C20H23N3O4S. The second-order valence-corrected chi connectivity index (χ2v) is 7.88. The van der Waals surface area contributed by atoms with E-state index in [1.807, 2.05) is 12.1 Å². The van der Waals surface area contributed by atoms with Crippen molar-refractivity contribution >= 4 is 28.2 Å². The zero-order valence-electron chi connectivity index (χ0n) is 15.5. The molecule has 2 amide bonds. The molecule has 2 aliphatic rings. The molecule has 7 nitrogen and oxygen atoms in total. The molecule has 1 aromatic heterocycles. The summed E-state index contributed by atoms with van der Waals surface area (Å²) in [6, 6.07) is 7.82. The summed E-state index contributed by atoms with van der Waals surface area (Å²) in [7, 11) is 0. The number of ether oxygens (including phenoxy) is 2. The Hall–Kier alpha value is -2.58. The largest absolute Gasteiger partial charge is 0.490 e. The van der Waals surface area contributed by atoms with Gasteiger partial charge in [0.05, 0.1) is 25.3 Å². The number of nitrogens with zero attached hydrogens (tertiary/aromatic N) is 1. The minimum Gasteiger partial charge on any atom is -0.490 e. The molecule has 0 unspecified atom stereocenters. The van der Waals surface area contributed by atoms with Crippen molar-refractivity contribution in [2.45, 2.75) is 25.3 Å². The number of carbonyl (C=O) groups is 2. The number of hydrogen-bond acceptors (Lipinski definition) is 6. The summed E-state index contributed by atoms with van der Waals surface area (Å²) in [5.74, 6) is 0.866. The number of carbonyl (C=O) groups excluding carboxylic acids is 2. The van der Waals surface area contributed by atoms with Gasteiger partial charge in [0.25, 0.3) is 5.91 Å². The molecule has 4 rings (SSSR count). The summed E-state index contributed by atoms with van der Waals surface area (Å²) in [5.41, 5.74) is 6.82. The highest BCUT2D eigenvalue weighted by Crippen LogP contribution is 2.37. The van der Waals surface area contributed by atoms with Crippen LogP contribution < -0.4 is 20.5 Å². The van der Waals surface area contributed by atoms with Crippen LogP contribution >= 0.6 is 11.3 Å². The number of nitrogens with two attached hydrogens (primary N) is 1. The van der Waals surface area contributed by atoms with Gasteiger partial charge in [-0.1, -0.05) is 6.07 Å². The first-order valence-corrected chi connectivity index (χ1v) is 10.3. The van der Waals surface area contributed by atoms with Gasteiger partial charge in [0.15, 0.2) is 11.5 Å². The molecule has 1 saturated heterocycles. The van der Waals surface area contributed by atoms with Crippen molar-refractivity contribution < 1.29 is 19.1 Å². The summed E-state index contributed by atoms with van der Waals surface area (Å²) in [6.07, 6.45) is 2.88. The maximum atomic E-state index is 12.6. The van der Waals surface area contributed by atoms with Crippen molar-refractivity contribution in [2.75, 3.05) is 31.6 Å². The van der Waals surface area contributed by atoms with E-state index in [-0.39, 0.29) is 18.5 Å². The molecule has 0 saturated carbocycles. The Kier molecular flexibility index (Phi) is 5.50. The third kappa shape index (κ3) is 3.98. The van der Waals surface area contributed by atoms with Crippen LogP contribution in [0.3, 0.4) is 0 Å². The highest BCUT2D eigenvalue weighted by atomic mass is 32.1. The lowest BCUT2D eigenvalue weighted by molar-refractivity contribution is -0.117. The van der Waals surface area contributed by atoms with Gasteiger partial charge in [-0.15, -0.1) is 11.3 Å². The van der Waals surface area contributed by atoms with E-state index in [2.05, 4.69) is 16.3 Å². The van der Waals surface area contributed by atoms with Gasteiger partial charge in [-0.25, -0.2) is 0 Å². The van der Waals surface area contributed by atoms with Gasteiger partial charge in [0.2, 0.25) is 5.91 Å². The molecule has 1 aromatic carbocycles. The zero-order chi connectivity index (χ0) is 19.5. The average molecular weight is 401 g/mol. The Morgan fingerprint density at radius 1 is 1.18 bits per heavy atom. The van der Waals surface area contributed by atoms with E-state index >= 15 is 0 Å². The van der Waals surface area contributed by atoms with E-state index in [0.29, 0.717) is 23.8 Å². The van der Waals surface area contributed by atoms with E-state index in [9.17, 15) is 9.59 Å². The van der Waals surface area contributed by atoms with E-state index < -0.39 is 5.91 Å². The first-order chi connectivity index (χ1) is 13.6. The fourth-order valence-corrected chi connectivity index (χ4v) is 4.54. The first kappa shape index (κ1) is 18.8. The van der Waals surface area contributed by atoms with Gasteiger partial charge in [0, 0.05) is 12.5 Å². The predicted molar refractivity (Wildman–Crippen MR) is 107 cm³/mol. The van der Waals surface area contributed by atoms with Crippen LogP contribution in [0.1, 0.15) is 41.2 Å². The Balaban J connectivity index is 1.45. The van der Waals surface area contributed by atoms with Crippen LogP contribution in [0.25, 0.3) is 0 Å². The fourth-order valence-electron chi connectivity index (χ4n) is 3.73. The average Bonchev–Trinajstić information content (AvgIpc) is 3.25. The summed E-state index contributed by atoms with van der Waals surface area (Å²) in [6.45, 7) is 2.42. The summed E-state index contributed by atoms with van der Waals surface area (Å²) in [5, 5.41) is 5.07. The highest BCUT2D eigenvalue weighted by Gasteiger charge is 2.29. The second-order valence-electron chi connectivity index (χ2n) is 6.96. The van der Waals surface area contributed by atoms with Crippen molar-refractivity contribution in [3.05, 3.63) is 40.8 Å². The number of amides is 2. The summed E-state index contributed by atoms with van der Waals surface area (Å²) in [4.78, 5) is 26.1. The Morgan fingerprint density at radius 3 is 2.82 bits per heavy atom. The van der Waals surface area contributed by atoms with E-state index in [1.54, 1.807) is 11.4 Å². The lowest BCUT2D eigenvalue weighted by Gasteiger charge is -2.24. The SMILES string of the molecule is NC(=O)c1ccsc1NC(=O)CN1CCC[C@H]1c1ccc2c(c1)OCCCO2. The molecule has 0 aliphatic carbocycles. The van der Waals surface area contributed by atoms with E-state index in [1.165, 1.54) is 11.3 Å². The number of benzene rings is 1. The number of fused-ring (bicyclic) bond motifs is 1. The summed E-state index contributed by atoms with van der Waals surface area (Å²) >= 11 is 1.30. The summed E-state index contributed by atoms with van der Waals surface area (Å²) < 4.78 is 11.5. The normalized spacial score (nSPS) is 19.2. The molecule has 0 radical (unpaired) electrons. The van der Waals surface area contributed by atoms with Gasteiger partial charge in [-0.3, -0.25) is 14.5 Å². The first-order valence-electron chi connectivity index (χ1n) is 9.42. The van der Waals surface area contributed by atoms with Crippen LogP contribution in [0, 0.1) is 0 Å². The Labute approximate surface area is 167 Å². The van der Waals surface area contributed by atoms with Crippen molar-refractivity contribution in [3.63, 3.8) is 0 Å². The van der Waals surface area contributed by atoms with Gasteiger partial charge in [-0.05, 0) is 48.5 Å². The number of anilines is 1. The quantitative estimate of drug-likeness (QED) is 0.804. The topological polar surface area (TPSA) is 93.9 Å². The maximum Gasteiger partial charge on any atom is 0.251 e. The highest BCUT2D eigenvalue weighted by molar-refractivity contribution is 7.14. The molecule has 8 heteroatoms. The number of primary amides is 1.